The van der Waals surface area contributed by atoms with Crippen molar-refractivity contribution in [1.29, 1.82) is 0 Å². The molecule has 6 rings (SSSR count). The Labute approximate surface area is 303 Å². The van der Waals surface area contributed by atoms with E-state index in [-0.39, 0.29) is 18.3 Å². The van der Waals surface area contributed by atoms with Gasteiger partial charge >= 0.3 is 5.69 Å². The molecule has 2 heterocycles. The zero-order valence-electron chi connectivity index (χ0n) is 29.7. The molecule has 0 saturated carbocycles. The molecule has 3 atom stereocenters. The normalized spacial score (nSPS) is 17.1. The molecule has 270 valence electrons. The van der Waals surface area contributed by atoms with Gasteiger partial charge in [0.15, 0.2) is 6.23 Å². The van der Waals surface area contributed by atoms with Gasteiger partial charge in [0.05, 0.1) is 40.1 Å². The number of nitrogens with one attached hydrogen (secondary N) is 1. The maximum absolute atomic E-state index is 13.5. The van der Waals surface area contributed by atoms with E-state index in [1.165, 1.54) is 4.57 Å². The van der Waals surface area contributed by atoms with Crippen LogP contribution in [0.1, 0.15) is 45.3 Å². The number of hydrogen-bond acceptors (Lipinski definition) is 9. The average Bonchev–Trinajstić information content (AvgIpc) is 3.60. The van der Waals surface area contributed by atoms with E-state index in [4.69, 9.17) is 28.4 Å². The highest BCUT2D eigenvalue weighted by Gasteiger charge is 2.43. The predicted molar refractivity (Wildman–Crippen MR) is 196 cm³/mol. The summed E-state index contributed by atoms with van der Waals surface area (Å²) in [5.41, 5.74) is 2.09. The van der Waals surface area contributed by atoms with Crippen molar-refractivity contribution in [2.75, 3.05) is 46.5 Å². The van der Waals surface area contributed by atoms with Crippen LogP contribution in [0.25, 0.3) is 0 Å². The number of anilines is 1. The van der Waals surface area contributed by atoms with Crippen LogP contribution in [0, 0.1) is 6.92 Å². The number of aromatic nitrogens is 2. The fourth-order valence-electron chi connectivity index (χ4n) is 6.44. The van der Waals surface area contributed by atoms with E-state index in [2.05, 4.69) is 10.3 Å². The molecule has 1 aliphatic rings. The van der Waals surface area contributed by atoms with Gasteiger partial charge in [0.2, 0.25) is 0 Å². The van der Waals surface area contributed by atoms with E-state index in [0.717, 1.165) is 28.2 Å². The van der Waals surface area contributed by atoms with Crippen molar-refractivity contribution in [2.24, 2.45) is 0 Å². The number of nitrogens with zero attached hydrogens (tertiary/aromatic N) is 2. The summed E-state index contributed by atoms with van der Waals surface area (Å²) in [6, 6.07) is 34.4. The lowest BCUT2D eigenvalue weighted by Gasteiger charge is -2.37. The van der Waals surface area contributed by atoms with Gasteiger partial charge in [-0.3, -0.25) is 9.36 Å². The first kappa shape index (κ1) is 36.5. The minimum atomic E-state index is -1.05. The SMILES string of the molecule is COCCO[C@@H]1C[C@H](COC(c2ccccc2)(c2ccc(OC)cc2)c2ccc(OC)cc2)O[C@H]1n1cc(C)c(NC(=O)c2ccccc2)nc1=O. The van der Waals surface area contributed by atoms with Crippen molar-refractivity contribution in [3.05, 3.63) is 154 Å². The first-order valence-electron chi connectivity index (χ1n) is 17.1. The summed E-state index contributed by atoms with van der Waals surface area (Å²) in [6.45, 7) is 2.59. The number of amides is 1. The van der Waals surface area contributed by atoms with E-state index in [0.29, 0.717) is 30.8 Å². The Morgan fingerprint density at radius 3 is 1.98 bits per heavy atom. The van der Waals surface area contributed by atoms with Crippen LogP contribution >= 0.6 is 0 Å². The minimum Gasteiger partial charge on any atom is -0.497 e. The van der Waals surface area contributed by atoms with Gasteiger partial charge in [-0.1, -0.05) is 72.8 Å². The van der Waals surface area contributed by atoms with Gasteiger partial charge < -0.3 is 33.7 Å². The maximum atomic E-state index is 13.5. The first-order valence-corrected chi connectivity index (χ1v) is 17.1. The summed E-state index contributed by atoms with van der Waals surface area (Å²) in [4.78, 5) is 30.6. The predicted octanol–water partition coefficient (Wildman–Crippen LogP) is 6.15. The van der Waals surface area contributed by atoms with Crippen LogP contribution in [0.3, 0.4) is 0 Å². The van der Waals surface area contributed by atoms with Crippen LogP contribution in [-0.4, -0.2) is 68.8 Å². The number of hydrogen-bond donors (Lipinski definition) is 1. The van der Waals surface area contributed by atoms with Gasteiger partial charge in [-0.15, -0.1) is 0 Å². The highest BCUT2D eigenvalue weighted by molar-refractivity contribution is 6.04. The van der Waals surface area contributed by atoms with E-state index in [1.54, 1.807) is 58.7 Å². The Kier molecular flexibility index (Phi) is 11.8. The number of rotatable bonds is 15. The third-order valence-electron chi connectivity index (χ3n) is 9.10. The lowest BCUT2D eigenvalue weighted by Crippen LogP contribution is -2.36. The molecule has 52 heavy (non-hydrogen) atoms. The summed E-state index contributed by atoms with van der Waals surface area (Å²) >= 11 is 0. The zero-order chi connectivity index (χ0) is 36.5. The lowest BCUT2D eigenvalue weighted by atomic mass is 9.80. The van der Waals surface area contributed by atoms with E-state index < -0.39 is 29.7 Å². The third-order valence-corrected chi connectivity index (χ3v) is 9.10. The molecule has 0 unspecified atom stereocenters. The van der Waals surface area contributed by atoms with E-state index in [1.807, 2.05) is 84.9 Å². The average molecular weight is 706 g/mol. The standard InChI is InChI=1S/C41H43N3O8/c1-28-26-44(40(46)43-37(28)42-38(45)29-11-7-5-8-12-29)39-36(50-24-23-47-2)25-35(52-39)27-51-41(30-13-9-6-10-14-30,31-15-19-33(48-3)20-16-31)32-17-21-34(49-4)22-18-32/h5-22,26,35-36,39H,23-25,27H2,1-4H3,(H,42,43,45,46)/t35-,36-,39-/m1/s1. The van der Waals surface area contributed by atoms with Crippen LogP contribution in [0.2, 0.25) is 0 Å². The maximum Gasteiger partial charge on any atom is 0.351 e. The van der Waals surface area contributed by atoms with E-state index in [9.17, 15) is 9.59 Å². The molecule has 1 saturated heterocycles. The summed E-state index contributed by atoms with van der Waals surface area (Å²) in [5.74, 6) is 1.26. The number of ether oxygens (including phenoxy) is 6. The minimum absolute atomic E-state index is 0.153. The molecule has 0 aliphatic carbocycles. The van der Waals surface area contributed by atoms with Crippen molar-refractivity contribution in [3.8, 4) is 11.5 Å². The summed E-state index contributed by atoms with van der Waals surface area (Å²) < 4.78 is 37.6. The highest BCUT2D eigenvalue weighted by atomic mass is 16.6. The fourth-order valence-corrected chi connectivity index (χ4v) is 6.44. The summed E-state index contributed by atoms with van der Waals surface area (Å²) in [7, 11) is 4.87. The topological polar surface area (TPSA) is 119 Å². The second-order valence-corrected chi connectivity index (χ2v) is 12.4. The molecule has 1 fully saturated rings. The van der Waals surface area contributed by atoms with Crippen molar-refractivity contribution < 1.29 is 33.2 Å². The van der Waals surface area contributed by atoms with Gasteiger partial charge in [0.1, 0.15) is 29.0 Å². The zero-order valence-corrected chi connectivity index (χ0v) is 29.7. The molecule has 1 N–H and O–H groups in total. The molecule has 0 bridgehead atoms. The van der Waals surface area contributed by atoms with Crippen LogP contribution < -0.4 is 20.5 Å². The third kappa shape index (κ3) is 7.93. The Bertz CT molecular complexity index is 1920. The Balaban J connectivity index is 1.32. The Morgan fingerprint density at radius 1 is 0.827 bits per heavy atom. The van der Waals surface area contributed by atoms with E-state index >= 15 is 0 Å². The molecule has 1 aliphatic heterocycles. The number of carbonyl (C=O) groups excluding carboxylic acids is 1. The summed E-state index contributed by atoms with van der Waals surface area (Å²) in [6.07, 6.45) is 0.278. The molecule has 11 heteroatoms. The largest absolute Gasteiger partial charge is 0.497 e. The molecule has 1 amide bonds. The Morgan fingerprint density at radius 2 is 1.40 bits per heavy atom. The molecule has 5 aromatic rings. The number of aryl methyl sites for hydroxylation is 1. The lowest BCUT2D eigenvalue weighted by molar-refractivity contribution is -0.0981. The number of benzene rings is 4. The molecule has 0 spiro atoms. The number of carbonyl (C=O) groups is 1. The van der Waals surface area contributed by atoms with Crippen LogP contribution in [0.4, 0.5) is 5.82 Å². The van der Waals surface area contributed by atoms with Crippen molar-refractivity contribution >= 4 is 11.7 Å². The second-order valence-electron chi connectivity index (χ2n) is 12.4. The van der Waals surface area contributed by atoms with Crippen LogP contribution in [-0.2, 0) is 24.5 Å². The number of methoxy groups -OCH3 is 3. The van der Waals surface area contributed by atoms with Gasteiger partial charge in [-0.05, 0) is 60.0 Å². The van der Waals surface area contributed by atoms with Gasteiger partial charge in [0.25, 0.3) is 5.91 Å². The molecule has 0 radical (unpaired) electrons. The van der Waals surface area contributed by atoms with Crippen LogP contribution in [0.5, 0.6) is 11.5 Å². The second kappa shape index (κ2) is 16.8. The van der Waals surface area contributed by atoms with Crippen LogP contribution in [0.15, 0.2) is 120 Å². The molecule has 4 aromatic carbocycles. The monoisotopic (exact) mass is 705 g/mol. The quantitative estimate of drug-likeness (QED) is 0.101. The molecule has 1 aromatic heterocycles. The van der Waals surface area contributed by atoms with Gasteiger partial charge in [-0.25, -0.2) is 4.79 Å². The molecular formula is C41H43N3O8. The van der Waals surface area contributed by atoms with Crippen molar-refractivity contribution in [2.45, 2.75) is 37.4 Å². The van der Waals surface area contributed by atoms with Gasteiger partial charge in [0, 0.05) is 30.9 Å². The van der Waals surface area contributed by atoms with Crippen molar-refractivity contribution in [1.82, 2.24) is 9.55 Å². The fraction of sp³-hybridized carbons (Fsp3) is 0.293. The molecular weight excluding hydrogens is 662 g/mol. The van der Waals surface area contributed by atoms with Gasteiger partial charge in [-0.2, -0.15) is 4.98 Å². The smallest absolute Gasteiger partial charge is 0.351 e. The highest BCUT2D eigenvalue weighted by Crippen LogP contribution is 2.43. The molecule has 11 nitrogen and oxygen atoms in total. The Hall–Kier alpha value is -5.33. The summed E-state index contributed by atoms with van der Waals surface area (Å²) in [5, 5.41) is 2.76. The first-order chi connectivity index (χ1) is 25.4. The van der Waals surface area contributed by atoms with Crippen molar-refractivity contribution in [3.63, 3.8) is 0 Å².